The molecule has 1 aromatic carbocycles. The number of phenols is 1. The summed E-state index contributed by atoms with van der Waals surface area (Å²) in [5.74, 6) is -0.638. The average molecular weight is 390 g/mol. The van der Waals surface area contributed by atoms with E-state index >= 15 is 0 Å². The molecule has 0 radical (unpaired) electrons. The van der Waals surface area contributed by atoms with E-state index in [0.717, 1.165) is 0 Å². The zero-order chi connectivity index (χ0) is 20.5. The minimum atomic E-state index is -1.05. The normalized spacial score (nSPS) is 19.5. The second-order valence-electron chi connectivity index (χ2n) is 6.63. The van der Waals surface area contributed by atoms with Crippen molar-refractivity contribution < 1.29 is 34.4 Å². The molecule has 0 unspecified atom stereocenters. The molecular formula is C21H26O7. The first-order chi connectivity index (χ1) is 13.4. The minimum Gasteiger partial charge on any atom is -0.507 e. The van der Waals surface area contributed by atoms with Gasteiger partial charge in [-0.2, -0.15) is 0 Å². The first-order valence-corrected chi connectivity index (χ1v) is 9.25. The van der Waals surface area contributed by atoms with E-state index in [1.54, 1.807) is 31.2 Å². The Morgan fingerprint density at radius 3 is 2.82 bits per heavy atom. The quantitative estimate of drug-likeness (QED) is 0.534. The van der Waals surface area contributed by atoms with Crippen LogP contribution in [0.4, 0.5) is 0 Å². The number of ether oxygens (including phenoxy) is 2. The molecule has 0 bridgehead atoms. The number of benzene rings is 1. The van der Waals surface area contributed by atoms with Gasteiger partial charge >= 0.3 is 5.97 Å². The molecule has 2 atom stereocenters. The van der Waals surface area contributed by atoms with E-state index in [0.29, 0.717) is 31.2 Å². The Balaban J connectivity index is 2.33. The highest BCUT2D eigenvalue weighted by molar-refractivity contribution is 5.97. The largest absolute Gasteiger partial charge is 0.507 e. The molecule has 1 heterocycles. The number of aliphatic hydroxyl groups is 2. The Hall–Kier alpha value is -2.64. The second-order valence-corrected chi connectivity index (χ2v) is 6.63. The number of esters is 1. The lowest BCUT2D eigenvalue weighted by molar-refractivity contribution is -0.118. The summed E-state index contributed by atoms with van der Waals surface area (Å²) < 4.78 is 10.7. The fourth-order valence-electron chi connectivity index (χ4n) is 2.69. The number of Topliss-reactive ketones (excluding diaryl/α,β-unsaturated/α-hetero) is 1. The van der Waals surface area contributed by atoms with Crippen molar-refractivity contribution in [2.24, 2.45) is 0 Å². The Kier molecular flexibility index (Phi) is 8.22. The highest BCUT2D eigenvalue weighted by Gasteiger charge is 2.20. The summed E-state index contributed by atoms with van der Waals surface area (Å²) >= 11 is 0. The van der Waals surface area contributed by atoms with Crippen LogP contribution >= 0.6 is 0 Å². The Labute approximate surface area is 163 Å². The predicted octanol–water partition coefficient (Wildman–Crippen LogP) is 2.38. The number of ketones is 1. The van der Waals surface area contributed by atoms with Crippen LogP contribution in [0.15, 0.2) is 30.4 Å². The third-order valence-electron chi connectivity index (χ3n) is 4.15. The topological polar surface area (TPSA) is 113 Å². The lowest BCUT2D eigenvalue weighted by Gasteiger charge is -2.15. The molecule has 0 fully saturated rings. The van der Waals surface area contributed by atoms with Gasteiger partial charge in [0, 0.05) is 18.9 Å². The summed E-state index contributed by atoms with van der Waals surface area (Å²) in [6.07, 6.45) is 7.28. The number of fused-ring (bicyclic) bond motifs is 1. The predicted molar refractivity (Wildman–Crippen MR) is 103 cm³/mol. The number of rotatable bonds is 4. The van der Waals surface area contributed by atoms with Gasteiger partial charge in [-0.3, -0.25) is 4.79 Å². The van der Waals surface area contributed by atoms with Gasteiger partial charge in [-0.1, -0.05) is 18.2 Å². The molecule has 7 heteroatoms. The van der Waals surface area contributed by atoms with Crippen molar-refractivity contribution in [3.05, 3.63) is 41.5 Å². The van der Waals surface area contributed by atoms with Gasteiger partial charge in [0.2, 0.25) is 0 Å². The van der Waals surface area contributed by atoms with Gasteiger partial charge in [-0.25, -0.2) is 4.79 Å². The first-order valence-electron chi connectivity index (χ1n) is 9.25. The molecule has 7 nitrogen and oxygen atoms in total. The smallest absolute Gasteiger partial charge is 0.343 e. The monoisotopic (exact) mass is 390 g/mol. The van der Waals surface area contributed by atoms with E-state index in [9.17, 15) is 19.8 Å². The summed E-state index contributed by atoms with van der Waals surface area (Å²) in [7, 11) is 0. The van der Waals surface area contributed by atoms with Crippen molar-refractivity contribution in [2.45, 2.75) is 44.8 Å². The van der Waals surface area contributed by atoms with Gasteiger partial charge < -0.3 is 24.8 Å². The number of carbonyl (C=O) groups excluding carboxylic acids is 2. The van der Waals surface area contributed by atoms with Crippen LogP contribution in [0, 0.1) is 0 Å². The van der Waals surface area contributed by atoms with Crippen molar-refractivity contribution in [1.29, 1.82) is 0 Å². The molecule has 0 saturated heterocycles. The van der Waals surface area contributed by atoms with Crippen LogP contribution in [0.2, 0.25) is 0 Å². The maximum absolute atomic E-state index is 12.6. The number of hydrogen-bond donors (Lipinski definition) is 3. The second kappa shape index (κ2) is 10.6. The van der Waals surface area contributed by atoms with E-state index in [1.807, 2.05) is 6.08 Å². The molecule has 3 N–H and O–H groups in total. The van der Waals surface area contributed by atoms with Crippen LogP contribution < -0.4 is 4.74 Å². The molecule has 0 spiro atoms. The number of hydrogen-bond acceptors (Lipinski definition) is 7. The van der Waals surface area contributed by atoms with E-state index in [2.05, 4.69) is 0 Å². The molecule has 1 aromatic rings. The van der Waals surface area contributed by atoms with E-state index in [4.69, 9.17) is 14.6 Å². The lowest BCUT2D eigenvalue weighted by atomic mass is 10.0. The summed E-state index contributed by atoms with van der Waals surface area (Å²) in [6.45, 7) is 1.06. The fraction of sp³-hybridized carbons (Fsp3) is 0.429. The molecule has 0 aliphatic carbocycles. The molecular weight excluding hydrogens is 364 g/mol. The zero-order valence-electron chi connectivity index (χ0n) is 15.8. The van der Waals surface area contributed by atoms with Crippen molar-refractivity contribution in [1.82, 2.24) is 0 Å². The first kappa shape index (κ1) is 21.7. The van der Waals surface area contributed by atoms with Gasteiger partial charge in [-0.15, -0.1) is 0 Å². The molecule has 28 heavy (non-hydrogen) atoms. The van der Waals surface area contributed by atoms with E-state index < -0.39 is 24.8 Å². The average Bonchev–Trinajstić information content (AvgIpc) is 2.64. The van der Waals surface area contributed by atoms with Crippen LogP contribution in [0.5, 0.6) is 11.5 Å². The third kappa shape index (κ3) is 6.51. The van der Waals surface area contributed by atoms with Gasteiger partial charge in [0.1, 0.15) is 41.7 Å². The van der Waals surface area contributed by atoms with Crippen molar-refractivity contribution in [2.75, 3.05) is 13.2 Å². The number of cyclic esters (lactones) is 1. The highest BCUT2D eigenvalue weighted by atomic mass is 16.5. The Morgan fingerprint density at radius 1 is 1.29 bits per heavy atom. The number of carbonyl (C=O) groups is 2. The zero-order valence-corrected chi connectivity index (χ0v) is 15.8. The van der Waals surface area contributed by atoms with Crippen LogP contribution in [-0.2, 0) is 9.53 Å². The fourth-order valence-corrected chi connectivity index (χ4v) is 2.69. The maximum atomic E-state index is 12.6. The number of phenolic OH excluding ortho intramolecular Hbond substituents is 1. The van der Waals surface area contributed by atoms with Crippen LogP contribution in [0.1, 0.15) is 48.5 Å². The van der Waals surface area contributed by atoms with Gasteiger partial charge in [0.25, 0.3) is 0 Å². The Morgan fingerprint density at radius 2 is 2.07 bits per heavy atom. The highest BCUT2D eigenvalue weighted by Crippen LogP contribution is 2.30. The van der Waals surface area contributed by atoms with E-state index in [-0.39, 0.29) is 29.5 Å². The van der Waals surface area contributed by atoms with Gasteiger partial charge in [0.05, 0.1) is 6.61 Å². The molecule has 1 aliphatic heterocycles. The SMILES string of the molecule is C[C@H]1C=CCC(=O)CCCC=Cc2cc(OC[C@@H](O)CO)cc(O)c2C(=O)O1. The standard InChI is InChI=1S/C21H26O7/c1-14-6-5-9-16(23)8-4-2-3-7-15-10-18(27-13-17(24)12-22)11-19(25)20(15)21(26)28-14/h3,5-7,10-11,14,17,22,24-25H,2,4,8-9,12-13H2,1H3/t14-,17-/m0/s1. The summed E-state index contributed by atoms with van der Waals surface area (Å²) in [6, 6.07) is 2.81. The summed E-state index contributed by atoms with van der Waals surface area (Å²) in [5.41, 5.74) is 0.415. The third-order valence-corrected chi connectivity index (χ3v) is 4.15. The number of allylic oxidation sites excluding steroid dienone is 2. The van der Waals surface area contributed by atoms with E-state index in [1.165, 1.54) is 6.07 Å². The Bertz CT molecular complexity index is 751. The molecule has 2 rings (SSSR count). The van der Waals surface area contributed by atoms with Crippen molar-refractivity contribution in [3.63, 3.8) is 0 Å². The van der Waals surface area contributed by atoms with Crippen LogP contribution in [0.25, 0.3) is 6.08 Å². The van der Waals surface area contributed by atoms with Crippen LogP contribution in [-0.4, -0.2) is 52.5 Å². The van der Waals surface area contributed by atoms with Gasteiger partial charge in [0.15, 0.2) is 0 Å². The lowest BCUT2D eigenvalue weighted by Crippen LogP contribution is -2.21. The number of aromatic hydroxyl groups is 1. The molecule has 152 valence electrons. The summed E-state index contributed by atoms with van der Waals surface area (Å²) in [4.78, 5) is 24.4. The summed E-state index contributed by atoms with van der Waals surface area (Å²) in [5, 5.41) is 28.7. The van der Waals surface area contributed by atoms with Crippen molar-refractivity contribution >= 4 is 17.8 Å². The minimum absolute atomic E-state index is 0.0136. The van der Waals surface area contributed by atoms with Gasteiger partial charge in [-0.05, 0) is 37.5 Å². The molecule has 0 saturated carbocycles. The number of aliphatic hydroxyl groups excluding tert-OH is 2. The van der Waals surface area contributed by atoms with Crippen LogP contribution in [0.3, 0.4) is 0 Å². The molecule has 0 amide bonds. The van der Waals surface area contributed by atoms with Crippen molar-refractivity contribution in [3.8, 4) is 11.5 Å². The molecule has 1 aliphatic rings. The molecule has 0 aromatic heterocycles. The maximum Gasteiger partial charge on any atom is 0.343 e.